The van der Waals surface area contributed by atoms with Crippen molar-refractivity contribution in [1.82, 2.24) is 9.97 Å². The molecule has 1 aromatic rings. The molecule has 0 saturated heterocycles. The number of aromatic nitrogens is 2. The van der Waals surface area contributed by atoms with Crippen LogP contribution in [0.15, 0.2) is 12.5 Å². The maximum Gasteiger partial charge on any atom is 0.236 e. The number of rotatable bonds is 3. The van der Waals surface area contributed by atoms with E-state index in [4.69, 9.17) is 11.5 Å². The number of primary amides is 1. The van der Waals surface area contributed by atoms with Crippen LogP contribution in [0, 0.1) is 0 Å². The lowest BCUT2D eigenvalue weighted by Gasteiger charge is -2.16. The number of amides is 1. The third-order valence-corrected chi connectivity index (χ3v) is 1.47. The number of hydrogen-bond acceptors (Lipinski definition) is 5. The van der Waals surface area contributed by atoms with Crippen LogP contribution in [0.2, 0.25) is 0 Å². The molecule has 1 aromatic heterocycles. The molecule has 0 spiro atoms. The summed E-state index contributed by atoms with van der Waals surface area (Å²) in [6.07, 6.45) is 2.84. The molecule has 6 nitrogen and oxygen atoms in total. The Kier molecular flexibility index (Phi) is 2.63. The molecule has 13 heavy (non-hydrogen) atoms. The minimum Gasteiger partial charge on any atom is -0.394 e. The van der Waals surface area contributed by atoms with Gasteiger partial charge >= 0.3 is 0 Å². The van der Waals surface area contributed by atoms with E-state index in [0.29, 0.717) is 11.5 Å². The van der Waals surface area contributed by atoms with E-state index in [1.54, 1.807) is 11.9 Å². The lowest BCUT2D eigenvalue weighted by molar-refractivity contribution is -0.116. The van der Waals surface area contributed by atoms with Crippen LogP contribution in [0.5, 0.6) is 0 Å². The van der Waals surface area contributed by atoms with Crippen molar-refractivity contribution in [3.8, 4) is 0 Å². The summed E-state index contributed by atoms with van der Waals surface area (Å²) in [5, 5.41) is 0. The average Bonchev–Trinajstić information content (AvgIpc) is 2.03. The lowest BCUT2D eigenvalue weighted by atomic mass is 10.4. The van der Waals surface area contributed by atoms with Crippen LogP contribution in [-0.2, 0) is 4.79 Å². The Labute approximate surface area is 75.6 Å². The van der Waals surface area contributed by atoms with Crippen molar-refractivity contribution < 1.29 is 4.79 Å². The van der Waals surface area contributed by atoms with Crippen LogP contribution in [0.1, 0.15) is 0 Å². The Bertz CT molecular complexity index is 314. The molecule has 0 saturated carbocycles. The number of hydrogen-bond donors (Lipinski definition) is 2. The molecule has 4 N–H and O–H groups in total. The van der Waals surface area contributed by atoms with Gasteiger partial charge in [-0.25, -0.2) is 9.97 Å². The third kappa shape index (κ3) is 2.29. The minimum atomic E-state index is -0.430. The van der Waals surface area contributed by atoms with E-state index in [1.165, 1.54) is 12.5 Å². The molecule has 0 atom stereocenters. The van der Waals surface area contributed by atoms with E-state index < -0.39 is 5.91 Å². The minimum absolute atomic E-state index is 0.0845. The first kappa shape index (κ1) is 9.24. The number of nitrogen functional groups attached to an aromatic ring is 1. The van der Waals surface area contributed by atoms with Crippen molar-refractivity contribution in [2.75, 3.05) is 24.2 Å². The first-order chi connectivity index (χ1) is 6.11. The van der Waals surface area contributed by atoms with E-state index >= 15 is 0 Å². The maximum atomic E-state index is 10.6. The number of anilines is 2. The van der Waals surface area contributed by atoms with Crippen LogP contribution in [-0.4, -0.2) is 29.5 Å². The Morgan fingerprint density at radius 1 is 1.69 bits per heavy atom. The number of carbonyl (C=O) groups excluding carboxylic acids is 1. The van der Waals surface area contributed by atoms with Crippen molar-refractivity contribution in [3.63, 3.8) is 0 Å². The van der Waals surface area contributed by atoms with Gasteiger partial charge in [0, 0.05) is 7.05 Å². The lowest BCUT2D eigenvalue weighted by Crippen LogP contribution is -2.31. The molecule has 1 rings (SSSR count). The molecule has 0 bridgehead atoms. The van der Waals surface area contributed by atoms with Gasteiger partial charge in [0.2, 0.25) is 5.91 Å². The van der Waals surface area contributed by atoms with Gasteiger partial charge in [-0.05, 0) is 0 Å². The normalized spacial score (nSPS) is 9.62. The highest BCUT2D eigenvalue weighted by Gasteiger charge is 2.08. The summed E-state index contributed by atoms with van der Waals surface area (Å²) in [5.74, 6) is 0.0781. The van der Waals surface area contributed by atoms with E-state index in [2.05, 4.69) is 9.97 Å². The Hall–Kier alpha value is -1.85. The van der Waals surface area contributed by atoms with E-state index in [9.17, 15) is 4.79 Å². The molecular weight excluding hydrogens is 170 g/mol. The van der Waals surface area contributed by atoms with Crippen molar-refractivity contribution in [2.24, 2.45) is 5.73 Å². The second-order valence-corrected chi connectivity index (χ2v) is 2.62. The van der Waals surface area contributed by atoms with Crippen LogP contribution < -0.4 is 16.4 Å². The molecule has 0 fully saturated rings. The fraction of sp³-hybridized carbons (Fsp3) is 0.286. The van der Waals surface area contributed by atoms with Crippen LogP contribution in [0.25, 0.3) is 0 Å². The van der Waals surface area contributed by atoms with Crippen LogP contribution in [0.3, 0.4) is 0 Å². The number of carbonyl (C=O) groups is 1. The molecule has 0 aromatic carbocycles. The predicted molar refractivity (Wildman–Crippen MR) is 48.9 cm³/mol. The monoisotopic (exact) mass is 181 g/mol. The zero-order valence-corrected chi connectivity index (χ0v) is 7.27. The summed E-state index contributed by atoms with van der Waals surface area (Å²) in [7, 11) is 1.68. The molecule has 0 unspecified atom stereocenters. The molecular formula is C7H11N5O. The summed E-state index contributed by atoms with van der Waals surface area (Å²) in [6, 6.07) is 0. The van der Waals surface area contributed by atoms with Gasteiger partial charge in [0.15, 0.2) is 5.82 Å². The highest BCUT2D eigenvalue weighted by molar-refractivity contribution is 5.80. The average molecular weight is 181 g/mol. The van der Waals surface area contributed by atoms with Gasteiger partial charge in [0.1, 0.15) is 6.33 Å². The summed E-state index contributed by atoms with van der Waals surface area (Å²) >= 11 is 0. The summed E-state index contributed by atoms with van der Waals surface area (Å²) in [6.45, 7) is 0.0845. The molecule has 0 aliphatic heterocycles. The largest absolute Gasteiger partial charge is 0.394 e. The highest BCUT2D eigenvalue weighted by Crippen LogP contribution is 2.15. The Morgan fingerprint density at radius 2 is 2.38 bits per heavy atom. The summed E-state index contributed by atoms with van der Waals surface area (Å²) in [5.41, 5.74) is 11.0. The van der Waals surface area contributed by atoms with E-state index in [1.807, 2.05) is 0 Å². The zero-order chi connectivity index (χ0) is 9.84. The maximum absolute atomic E-state index is 10.6. The van der Waals surface area contributed by atoms with Gasteiger partial charge in [-0.15, -0.1) is 0 Å². The number of likely N-dealkylation sites (N-methyl/N-ethyl adjacent to an activating group) is 1. The molecule has 6 heteroatoms. The molecule has 70 valence electrons. The SMILES string of the molecule is CN(CC(N)=O)c1ncncc1N. The van der Waals surface area contributed by atoms with Gasteiger partial charge in [-0.1, -0.05) is 0 Å². The first-order valence-corrected chi connectivity index (χ1v) is 3.66. The number of nitrogens with two attached hydrogens (primary N) is 2. The van der Waals surface area contributed by atoms with Crippen molar-refractivity contribution in [3.05, 3.63) is 12.5 Å². The van der Waals surface area contributed by atoms with Crippen molar-refractivity contribution >= 4 is 17.4 Å². The second-order valence-electron chi connectivity index (χ2n) is 2.62. The van der Waals surface area contributed by atoms with Gasteiger partial charge in [-0.2, -0.15) is 0 Å². The molecule has 0 aliphatic rings. The Balaban J connectivity index is 2.82. The summed E-state index contributed by atoms with van der Waals surface area (Å²) in [4.78, 5) is 19.8. The highest BCUT2D eigenvalue weighted by atomic mass is 16.1. The topological polar surface area (TPSA) is 98.1 Å². The van der Waals surface area contributed by atoms with Crippen molar-refractivity contribution in [2.45, 2.75) is 0 Å². The fourth-order valence-corrected chi connectivity index (χ4v) is 0.962. The predicted octanol–water partition coefficient (Wildman–Crippen LogP) is -1.02. The standard InChI is InChI=1S/C7H11N5O/c1-12(3-6(9)13)7-5(8)2-10-4-11-7/h2,4H,3,8H2,1H3,(H2,9,13). The smallest absolute Gasteiger partial charge is 0.236 e. The van der Waals surface area contributed by atoms with Crippen LogP contribution in [0.4, 0.5) is 11.5 Å². The van der Waals surface area contributed by atoms with E-state index in [-0.39, 0.29) is 6.54 Å². The number of nitrogens with zero attached hydrogens (tertiary/aromatic N) is 3. The molecule has 1 amide bonds. The van der Waals surface area contributed by atoms with Crippen LogP contribution >= 0.6 is 0 Å². The van der Waals surface area contributed by atoms with Gasteiger partial charge in [0.05, 0.1) is 18.4 Å². The van der Waals surface area contributed by atoms with E-state index in [0.717, 1.165) is 0 Å². The van der Waals surface area contributed by atoms with Crippen molar-refractivity contribution in [1.29, 1.82) is 0 Å². The zero-order valence-electron chi connectivity index (χ0n) is 7.27. The quantitative estimate of drug-likeness (QED) is 0.622. The first-order valence-electron chi connectivity index (χ1n) is 3.66. The van der Waals surface area contributed by atoms with Gasteiger partial charge in [0.25, 0.3) is 0 Å². The fourth-order valence-electron chi connectivity index (χ4n) is 0.962. The Morgan fingerprint density at radius 3 is 2.92 bits per heavy atom. The van der Waals surface area contributed by atoms with Gasteiger partial charge < -0.3 is 16.4 Å². The second kappa shape index (κ2) is 3.70. The van der Waals surface area contributed by atoms with Gasteiger partial charge in [-0.3, -0.25) is 4.79 Å². The summed E-state index contributed by atoms with van der Waals surface area (Å²) < 4.78 is 0. The molecule has 0 radical (unpaired) electrons. The third-order valence-electron chi connectivity index (χ3n) is 1.47. The molecule has 0 aliphatic carbocycles. The molecule has 1 heterocycles.